The third kappa shape index (κ3) is 5.71. The van der Waals surface area contributed by atoms with E-state index in [1.54, 1.807) is 36.4 Å². The summed E-state index contributed by atoms with van der Waals surface area (Å²) in [5.41, 5.74) is 12.5. The summed E-state index contributed by atoms with van der Waals surface area (Å²) in [7, 11) is 0. The van der Waals surface area contributed by atoms with Crippen molar-refractivity contribution in [2.24, 2.45) is 17.4 Å². The molecule has 1 saturated heterocycles. The van der Waals surface area contributed by atoms with E-state index in [1.165, 1.54) is 4.90 Å². The molecule has 0 bridgehead atoms. The zero-order valence-corrected chi connectivity index (χ0v) is 21.9. The predicted octanol–water partition coefficient (Wildman–Crippen LogP) is 1.43. The number of pyridine rings is 1. The van der Waals surface area contributed by atoms with Gasteiger partial charge in [-0.2, -0.15) is 0 Å². The van der Waals surface area contributed by atoms with Crippen molar-refractivity contribution in [2.45, 2.75) is 63.6 Å². The molecule has 1 aliphatic heterocycles. The van der Waals surface area contributed by atoms with Gasteiger partial charge in [0.05, 0.1) is 24.4 Å². The second kappa shape index (κ2) is 10.6. The first kappa shape index (κ1) is 26.6. The average Bonchev–Trinajstić information content (AvgIpc) is 3.35. The quantitative estimate of drug-likeness (QED) is 0.350. The first-order valence-corrected chi connectivity index (χ1v) is 12.9. The highest BCUT2D eigenvalue weighted by Gasteiger charge is 2.56. The van der Waals surface area contributed by atoms with Gasteiger partial charge < -0.3 is 26.3 Å². The van der Waals surface area contributed by atoms with Crippen LogP contribution < -0.4 is 16.8 Å². The molecule has 1 saturated carbocycles. The molecule has 206 valence electrons. The zero-order valence-electron chi connectivity index (χ0n) is 21.9. The van der Waals surface area contributed by atoms with Gasteiger partial charge in [-0.15, -0.1) is 10.2 Å². The molecule has 3 aromatic rings. The zero-order chi connectivity index (χ0) is 27.7. The van der Waals surface area contributed by atoms with Crippen molar-refractivity contribution in [2.75, 3.05) is 6.61 Å². The molecule has 12 nitrogen and oxygen atoms in total. The number of carbonyl (C=O) groups excluding carboxylic acids is 3. The summed E-state index contributed by atoms with van der Waals surface area (Å²) < 4.78 is 13.3. The van der Waals surface area contributed by atoms with Gasteiger partial charge in [0.25, 0.3) is 0 Å². The molecule has 2 aromatic heterocycles. The van der Waals surface area contributed by atoms with Gasteiger partial charge in [0.15, 0.2) is 11.5 Å². The van der Waals surface area contributed by atoms with Crippen molar-refractivity contribution < 1.29 is 23.9 Å². The Morgan fingerprint density at radius 3 is 2.56 bits per heavy atom. The van der Waals surface area contributed by atoms with E-state index in [0.717, 1.165) is 12.0 Å². The molecule has 1 aromatic carbocycles. The summed E-state index contributed by atoms with van der Waals surface area (Å²) in [6, 6.07) is 13.6. The van der Waals surface area contributed by atoms with Gasteiger partial charge in [0, 0.05) is 6.04 Å². The van der Waals surface area contributed by atoms with Crippen LogP contribution in [0.3, 0.4) is 0 Å². The lowest BCUT2D eigenvalue weighted by molar-refractivity contribution is -0.126. The lowest BCUT2D eigenvalue weighted by Crippen LogP contribution is -2.51. The number of piperidine rings is 1. The van der Waals surface area contributed by atoms with E-state index < -0.39 is 29.6 Å². The fourth-order valence-corrected chi connectivity index (χ4v) is 4.95. The molecule has 1 unspecified atom stereocenters. The van der Waals surface area contributed by atoms with Crippen molar-refractivity contribution in [3.05, 3.63) is 65.6 Å². The molecular formula is C27H33N7O5. The third-order valence-corrected chi connectivity index (χ3v) is 7.12. The van der Waals surface area contributed by atoms with Crippen LogP contribution in [0, 0.1) is 5.92 Å². The number of carbonyl (C=O) groups is 3. The number of rotatable bonds is 10. The molecule has 5 N–H and O–H groups in total. The maximum Gasteiger partial charge on any atom is 0.411 e. The SMILES string of the molecule is CC(C)(N)C(=O)NC(COCc1ccccc1)c1nnc2cccc(COC(=O)N3[C@H](C(N)=O)C[C@@H]4C[C@@H]43)n12. The number of nitrogens with one attached hydrogen (secondary N) is 1. The number of likely N-dealkylation sites (tertiary alicyclic amines) is 1. The minimum Gasteiger partial charge on any atom is -0.443 e. The molecule has 3 heterocycles. The molecule has 1 aliphatic carbocycles. The van der Waals surface area contributed by atoms with Crippen LogP contribution in [0.4, 0.5) is 4.79 Å². The molecule has 2 aliphatic rings. The number of benzene rings is 1. The van der Waals surface area contributed by atoms with E-state index in [0.29, 0.717) is 36.1 Å². The van der Waals surface area contributed by atoms with Gasteiger partial charge >= 0.3 is 6.09 Å². The van der Waals surface area contributed by atoms with Crippen LogP contribution >= 0.6 is 0 Å². The molecule has 12 heteroatoms. The van der Waals surface area contributed by atoms with Gasteiger partial charge in [0.2, 0.25) is 11.8 Å². The average molecular weight is 536 g/mol. The normalized spacial score (nSPS) is 20.9. The van der Waals surface area contributed by atoms with Gasteiger partial charge in [0.1, 0.15) is 18.7 Å². The lowest BCUT2D eigenvalue weighted by Gasteiger charge is -2.25. The van der Waals surface area contributed by atoms with E-state index in [1.807, 2.05) is 30.3 Å². The Morgan fingerprint density at radius 2 is 1.85 bits per heavy atom. The summed E-state index contributed by atoms with van der Waals surface area (Å²) in [6.45, 7) is 3.55. The number of nitrogens with two attached hydrogens (primary N) is 2. The van der Waals surface area contributed by atoms with Crippen molar-refractivity contribution in [1.82, 2.24) is 24.8 Å². The van der Waals surface area contributed by atoms with Gasteiger partial charge in [-0.05, 0) is 50.3 Å². The molecular weight excluding hydrogens is 502 g/mol. The van der Waals surface area contributed by atoms with Crippen molar-refractivity contribution in [3.8, 4) is 0 Å². The molecule has 3 amide bonds. The Kier molecular flexibility index (Phi) is 7.23. The fraction of sp³-hybridized carbons (Fsp3) is 0.444. The van der Waals surface area contributed by atoms with Crippen molar-refractivity contribution >= 4 is 23.6 Å². The number of nitrogens with zero attached hydrogens (tertiary/aromatic N) is 4. The first-order valence-electron chi connectivity index (χ1n) is 12.9. The highest BCUT2D eigenvalue weighted by atomic mass is 16.6. The largest absolute Gasteiger partial charge is 0.443 e. The molecule has 0 radical (unpaired) electrons. The van der Waals surface area contributed by atoms with Gasteiger partial charge in [-0.1, -0.05) is 36.4 Å². The number of amides is 3. The Hall–Kier alpha value is -4.03. The van der Waals surface area contributed by atoms with Crippen LogP contribution in [-0.4, -0.2) is 61.6 Å². The minimum atomic E-state index is -1.14. The van der Waals surface area contributed by atoms with Gasteiger partial charge in [-0.3, -0.25) is 18.9 Å². The predicted molar refractivity (Wildman–Crippen MR) is 140 cm³/mol. The smallest absolute Gasteiger partial charge is 0.411 e. The number of ether oxygens (including phenoxy) is 2. The first-order chi connectivity index (χ1) is 18.6. The maximum absolute atomic E-state index is 13.0. The van der Waals surface area contributed by atoms with Crippen LogP contribution in [0.25, 0.3) is 5.65 Å². The summed E-state index contributed by atoms with van der Waals surface area (Å²) in [6.07, 6.45) is 0.838. The molecule has 0 spiro atoms. The number of hydrogen-bond acceptors (Lipinski definition) is 8. The second-order valence-corrected chi connectivity index (χ2v) is 10.7. The van der Waals surface area contributed by atoms with E-state index in [2.05, 4.69) is 15.5 Å². The van der Waals surface area contributed by atoms with E-state index >= 15 is 0 Å². The third-order valence-electron chi connectivity index (χ3n) is 7.12. The molecule has 2 fully saturated rings. The van der Waals surface area contributed by atoms with Crippen molar-refractivity contribution in [1.29, 1.82) is 0 Å². The Bertz CT molecular complexity index is 1370. The van der Waals surface area contributed by atoms with Crippen molar-refractivity contribution in [3.63, 3.8) is 0 Å². The summed E-state index contributed by atoms with van der Waals surface area (Å²) in [5.74, 6) is -0.211. The fourth-order valence-electron chi connectivity index (χ4n) is 4.95. The topological polar surface area (TPSA) is 167 Å². The maximum atomic E-state index is 13.0. The number of fused-ring (bicyclic) bond motifs is 2. The van der Waals surface area contributed by atoms with Crippen LogP contribution in [0.15, 0.2) is 48.5 Å². The van der Waals surface area contributed by atoms with Crippen LogP contribution in [0.5, 0.6) is 0 Å². The van der Waals surface area contributed by atoms with Crippen LogP contribution in [0.1, 0.15) is 49.8 Å². The van der Waals surface area contributed by atoms with E-state index in [-0.39, 0.29) is 25.2 Å². The van der Waals surface area contributed by atoms with Crippen LogP contribution in [0.2, 0.25) is 0 Å². The van der Waals surface area contributed by atoms with Crippen LogP contribution in [-0.2, 0) is 32.3 Å². The van der Waals surface area contributed by atoms with E-state index in [9.17, 15) is 14.4 Å². The minimum absolute atomic E-state index is 0.00256. The number of aromatic nitrogens is 3. The number of primary amides is 1. The standard InChI is InChI=1S/C27H33N7O5/c1-27(2,29)25(36)30-19(15-38-13-16-7-4-3-5-8-16)24-32-31-22-10-6-9-18(33(22)24)14-39-26(37)34-20-11-17(20)12-21(34)23(28)35/h3-10,17,19-21H,11-15,29H2,1-2H3,(H2,28,35)(H,30,36)/t17-,19?,20-,21-/m0/s1. The molecule has 5 rings (SSSR count). The Morgan fingerprint density at radius 1 is 1.08 bits per heavy atom. The lowest BCUT2D eigenvalue weighted by atomic mass is 10.1. The Labute approximate surface area is 225 Å². The molecule has 4 atom stereocenters. The highest BCUT2D eigenvalue weighted by Crippen LogP contribution is 2.48. The Balaban J connectivity index is 1.36. The van der Waals surface area contributed by atoms with E-state index in [4.69, 9.17) is 20.9 Å². The highest BCUT2D eigenvalue weighted by molar-refractivity contribution is 5.86. The summed E-state index contributed by atoms with van der Waals surface area (Å²) in [5, 5.41) is 11.5. The summed E-state index contributed by atoms with van der Waals surface area (Å²) >= 11 is 0. The van der Waals surface area contributed by atoms with Gasteiger partial charge in [-0.25, -0.2) is 4.79 Å². The number of hydrogen-bond donors (Lipinski definition) is 3. The monoisotopic (exact) mass is 535 g/mol. The second-order valence-electron chi connectivity index (χ2n) is 10.7. The summed E-state index contributed by atoms with van der Waals surface area (Å²) in [4.78, 5) is 39.1. The molecule has 39 heavy (non-hydrogen) atoms.